The van der Waals surface area contributed by atoms with Crippen LogP contribution in [0.1, 0.15) is 26.7 Å². The monoisotopic (exact) mass is 168 g/mol. The van der Waals surface area contributed by atoms with E-state index < -0.39 is 0 Å². The first-order valence-corrected chi connectivity index (χ1v) is 3.92. The van der Waals surface area contributed by atoms with Crippen LogP contribution in [0.2, 0.25) is 0 Å². The Balaban J connectivity index is 0. The second kappa shape index (κ2) is 9.90. The van der Waals surface area contributed by atoms with E-state index in [-0.39, 0.29) is 12.1 Å². The van der Waals surface area contributed by atoms with Crippen molar-refractivity contribution in [1.29, 1.82) is 10.5 Å². The maximum absolute atomic E-state index is 7.96. The second-order valence-corrected chi connectivity index (χ2v) is 2.29. The molecule has 0 fully saturated rings. The molecule has 12 heavy (non-hydrogen) atoms. The lowest BCUT2D eigenvalue weighted by atomic mass is 10.3. The van der Waals surface area contributed by atoms with E-state index in [9.17, 15) is 0 Å². The van der Waals surface area contributed by atoms with Crippen LogP contribution < -0.4 is 11.5 Å². The molecule has 2 atom stereocenters. The van der Waals surface area contributed by atoms with Crippen LogP contribution in [-0.4, -0.2) is 12.1 Å². The van der Waals surface area contributed by atoms with Crippen LogP contribution in [0.15, 0.2) is 0 Å². The van der Waals surface area contributed by atoms with Gasteiger partial charge in [-0.25, -0.2) is 0 Å². The molecule has 68 valence electrons. The molecule has 4 N–H and O–H groups in total. The Morgan fingerprint density at radius 2 is 1.25 bits per heavy atom. The average Bonchev–Trinajstić information content (AvgIpc) is 2.16. The topological polar surface area (TPSA) is 99.6 Å². The molecule has 0 aromatic heterocycles. The second-order valence-electron chi connectivity index (χ2n) is 2.29. The Hall–Kier alpha value is -1.10. The third kappa shape index (κ3) is 11.7. The first-order chi connectivity index (χ1) is 5.62. The van der Waals surface area contributed by atoms with Gasteiger partial charge in [-0.15, -0.1) is 0 Å². The van der Waals surface area contributed by atoms with E-state index in [2.05, 4.69) is 0 Å². The van der Waals surface area contributed by atoms with Crippen LogP contribution in [0.3, 0.4) is 0 Å². The minimum atomic E-state index is -0.259. The number of rotatable bonds is 2. The number of hydrogen-bond donors (Lipinski definition) is 2. The van der Waals surface area contributed by atoms with Crippen LogP contribution in [0.25, 0.3) is 0 Å². The van der Waals surface area contributed by atoms with E-state index >= 15 is 0 Å². The molecule has 0 spiro atoms. The van der Waals surface area contributed by atoms with E-state index in [1.165, 1.54) is 0 Å². The van der Waals surface area contributed by atoms with Gasteiger partial charge in [0.05, 0.1) is 24.2 Å². The molecule has 0 aromatic carbocycles. The normalized spacial score (nSPS) is 12.8. The fraction of sp³-hybridized carbons (Fsp3) is 0.750. The Labute approximate surface area is 73.8 Å². The summed E-state index contributed by atoms with van der Waals surface area (Å²) in [7, 11) is 0. The van der Waals surface area contributed by atoms with Crippen molar-refractivity contribution in [1.82, 2.24) is 0 Å². The smallest absolute Gasteiger partial charge is 0.0925 e. The van der Waals surface area contributed by atoms with Gasteiger partial charge in [0, 0.05) is 0 Å². The van der Waals surface area contributed by atoms with Crippen molar-refractivity contribution < 1.29 is 0 Å². The zero-order valence-corrected chi connectivity index (χ0v) is 7.62. The number of nitriles is 2. The highest BCUT2D eigenvalue weighted by Gasteiger charge is 1.89. The van der Waals surface area contributed by atoms with E-state index in [4.69, 9.17) is 22.0 Å². The van der Waals surface area contributed by atoms with Crippen molar-refractivity contribution in [3.63, 3.8) is 0 Å². The van der Waals surface area contributed by atoms with Crippen LogP contribution >= 0.6 is 0 Å². The number of nitrogens with zero attached hydrogens (tertiary/aromatic N) is 2. The summed E-state index contributed by atoms with van der Waals surface area (Å²) in [5.74, 6) is 0. The first kappa shape index (κ1) is 13.5. The lowest BCUT2D eigenvalue weighted by Gasteiger charge is -1.88. The van der Waals surface area contributed by atoms with Gasteiger partial charge in [-0.2, -0.15) is 10.5 Å². The maximum Gasteiger partial charge on any atom is 0.0925 e. The fourth-order valence-electron chi connectivity index (χ4n) is 0.183. The van der Waals surface area contributed by atoms with Gasteiger partial charge in [0.25, 0.3) is 0 Å². The molecule has 0 radical (unpaired) electrons. The quantitative estimate of drug-likeness (QED) is 0.626. The van der Waals surface area contributed by atoms with Crippen LogP contribution in [0, 0.1) is 22.7 Å². The molecule has 0 aromatic rings. The van der Waals surface area contributed by atoms with E-state index in [0.29, 0.717) is 0 Å². The highest BCUT2D eigenvalue weighted by atomic mass is 14.6. The summed E-state index contributed by atoms with van der Waals surface area (Å²) in [5.41, 5.74) is 10.2. The fourth-order valence-corrected chi connectivity index (χ4v) is 0.183. The Morgan fingerprint density at radius 1 is 1.00 bits per heavy atom. The largest absolute Gasteiger partial charge is 0.316 e. The molecule has 0 saturated carbocycles. The lowest BCUT2D eigenvalue weighted by Crippen LogP contribution is -2.14. The highest BCUT2D eigenvalue weighted by molar-refractivity contribution is 4.84. The van der Waals surface area contributed by atoms with E-state index in [1.807, 2.05) is 26.0 Å². The third-order valence-electron chi connectivity index (χ3n) is 1.21. The zero-order valence-electron chi connectivity index (χ0n) is 7.62. The molecule has 0 rings (SSSR count). The molecule has 4 nitrogen and oxygen atoms in total. The minimum absolute atomic E-state index is 0.259. The SMILES string of the molecule is CCC(N)C#N.CCC(N)C#N. The average molecular weight is 168 g/mol. The molecule has 0 aliphatic carbocycles. The summed E-state index contributed by atoms with van der Waals surface area (Å²) in [6.45, 7) is 3.77. The molecule has 0 aliphatic heterocycles. The van der Waals surface area contributed by atoms with Crippen molar-refractivity contribution in [2.24, 2.45) is 11.5 Å². The third-order valence-corrected chi connectivity index (χ3v) is 1.21. The van der Waals surface area contributed by atoms with Gasteiger partial charge in [-0.05, 0) is 12.8 Å². The Kier molecular flexibility index (Phi) is 11.1. The van der Waals surface area contributed by atoms with Gasteiger partial charge in [0.1, 0.15) is 0 Å². The van der Waals surface area contributed by atoms with Crippen LogP contribution in [-0.2, 0) is 0 Å². The van der Waals surface area contributed by atoms with Gasteiger partial charge < -0.3 is 11.5 Å². The number of nitrogens with two attached hydrogens (primary N) is 2. The van der Waals surface area contributed by atoms with Gasteiger partial charge >= 0.3 is 0 Å². The highest BCUT2D eigenvalue weighted by Crippen LogP contribution is 1.78. The molecule has 0 bridgehead atoms. The molecule has 0 amide bonds. The van der Waals surface area contributed by atoms with Gasteiger partial charge in [0.2, 0.25) is 0 Å². The summed E-state index contributed by atoms with van der Waals surface area (Å²) >= 11 is 0. The summed E-state index contributed by atoms with van der Waals surface area (Å²) in [6, 6.07) is 3.27. The summed E-state index contributed by atoms with van der Waals surface area (Å²) in [6.07, 6.45) is 1.49. The molecular weight excluding hydrogens is 152 g/mol. The van der Waals surface area contributed by atoms with Crippen molar-refractivity contribution in [2.45, 2.75) is 38.8 Å². The Bertz CT molecular complexity index is 145. The van der Waals surface area contributed by atoms with Crippen molar-refractivity contribution in [3.05, 3.63) is 0 Å². The van der Waals surface area contributed by atoms with Gasteiger partial charge in [-0.1, -0.05) is 13.8 Å². The van der Waals surface area contributed by atoms with Gasteiger partial charge in [-0.3, -0.25) is 0 Å². The van der Waals surface area contributed by atoms with Crippen molar-refractivity contribution in [2.75, 3.05) is 0 Å². The first-order valence-electron chi connectivity index (χ1n) is 3.92. The van der Waals surface area contributed by atoms with Crippen LogP contribution in [0.5, 0.6) is 0 Å². The van der Waals surface area contributed by atoms with Gasteiger partial charge in [0.15, 0.2) is 0 Å². The molecule has 2 unspecified atom stereocenters. The molecule has 0 heterocycles. The molecule has 4 heteroatoms. The molecular formula is C8H16N4. The predicted octanol–water partition coefficient (Wildman–Crippen LogP) is 0.495. The minimum Gasteiger partial charge on any atom is -0.316 e. The zero-order chi connectivity index (χ0) is 9.98. The summed E-state index contributed by atoms with van der Waals surface area (Å²) < 4.78 is 0. The van der Waals surface area contributed by atoms with Crippen LogP contribution in [0.4, 0.5) is 0 Å². The Morgan fingerprint density at radius 3 is 1.25 bits per heavy atom. The lowest BCUT2D eigenvalue weighted by molar-refractivity contribution is 0.795. The molecule has 0 aliphatic rings. The van der Waals surface area contributed by atoms with E-state index in [0.717, 1.165) is 12.8 Å². The van der Waals surface area contributed by atoms with E-state index in [1.54, 1.807) is 0 Å². The summed E-state index contributed by atoms with van der Waals surface area (Å²) in [4.78, 5) is 0. The van der Waals surface area contributed by atoms with Crippen molar-refractivity contribution in [3.8, 4) is 12.1 Å². The predicted molar refractivity (Wildman–Crippen MR) is 47.8 cm³/mol. The van der Waals surface area contributed by atoms with Crippen molar-refractivity contribution >= 4 is 0 Å². The standard InChI is InChI=1S/2C4H8N2/c2*1-2-4(6)3-5/h2*4H,2,6H2,1H3. The number of hydrogen-bond acceptors (Lipinski definition) is 4. The maximum atomic E-state index is 7.96. The molecule has 0 saturated heterocycles. The summed E-state index contributed by atoms with van der Waals surface area (Å²) in [5, 5.41) is 15.9.